The molecular formula is C8H10N2O2. The van der Waals surface area contributed by atoms with Crippen molar-refractivity contribution in [3.8, 4) is 0 Å². The number of rotatable bonds is 3. The highest BCUT2D eigenvalue weighted by Crippen LogP contribution is 1.96. The molecule has 12 heavy (non-hydrogen) atoms. The molecule has 1 atom stereocenters. The Balaban J connectivity index is 2.69. The van der Waals surface area contributed by atoms with Crippen molar-refractivity contribution in [1.82, 2.24) is 0 Å². The van der Waals surface area contributed by atoms with Crippen LogP contribution in [0, 0.1) is 5.21 Å². The van der Waals surface area contributed by atoms with Gasteiger partial charge in [-0.15, -0.1) is 0 Å². The van der Waals surface area contributed by atoms with Crippen LogP contribution in [0.25, 0.3) is 0 Å². The van der Waals surface area contributed by atoms with E-state index in [2.05, 4.69) is 0 Å². The minimum Gasteiger partial charge on any atom is -0.619 e. The van der Waals surface area contributed by atoms with Crippen LogP contribution in [-0.2, 0) is 11.2 Å². The maximum absolute atomic E-state index is 10.7. The molecule has 1 rings (SSSR count). The van der Waals surface area contributed by atoms with Gasteiger partial charge in [0.15, 0.2) is 12.4 Å². The molecule has 64 valence electrons. The highest BCUT2D eigenvalue weighted by atomic mass is 16.5. The lowest BCUT2D eigenvalue weighted by Crippen LogP contribution is -2.28. The quantitative estimate of drug-likeness (QED) is 0.370. The number of hydrogen-bond acceptors (Lipinski definition) is 3. The molecule has 0 aliphatic heterocycles. The predicted octanol–water partition coefficient (Wildman–Crippen LogP) is -0.611. The number of carbonyl (C=O) groups excluding carboxylic acids is 1. The van der Waals surface area contributed by atoms with Gasteiger partial charge in [0.05, 0.1) is 6.04 Å². The zero-order valence-corrected chi connectivity index (χ0v) is 6.51. The summed E-state index contributed by atoms with van der Waals surface area (Å²) in [5, 5.41) is 10.7. The van der Waals surface area contributed by atoms with E-state index in [-0.39, 0.29) is 0 Å². The van der Waals surface area contributed by atoms with Crippen molar-refractivity contribution in [3.63, 3.8) is 0 Å². The fraction of sp³-hybridized carbons (Fsp3) is 0.250. The van der Waals surface area contributed by atoms with E-state index in [9.17, 15) is 10.0 Å². The summed E-state index contributed by atoms with van der Waals surface area (Å²) in [6, 6.07) is 2.87. The van der Waals surface area contributed by atoms with Gasteiger partial charge in [0.25, 0.3) is 0 Å². The van der Waals surface area contributed by atoms with Crippen molar-refractivity contribution in [2.24, 2.45) is 5.73 Å². The molecule has 0 radical (unpaired) electrons. The first kappa shape index (κ1) is 8.67. The Morgan fingerprint density at radius 2 is 2.50 bits per heavy atom. The molecule has 1 heterocycles. The van der Waals surface area contributed by atoms with Crippen LogP contribution in [0.5, 0.6) is 0 Å². The lowest BCUT2D eigenvalue weighted by atomic mass is 10.1. The summed E-state index contributed by atoms with van der Waals surface area (Å²) in [4.78, 5) is 10.2. The second kappa shape index (κ2) is 3.82. The van der Waals surface area contributed by atoms with Crippen molar-refractivity contribution < 1.29 is 9.52 Å². The van der Waals surface area contributed by atoms with E-state index in [4.69, 9.17) is 5.73 Å². The van der Waals surface area contributed by atoms with Gasteiger partial charge in [0.1, 0.15) is 6.29 Å². The second-order valence-electron chi connectivity index (χ2n) is 2.58. The fourth-order valence-corrected chi connectivity index (χ4v) is 0.942. The number of hydrogen-bond donors (Lipinski definition) is 1. The third-order valence-corrected chi connectivity index (χ3v) is 1.48. The van der Waals surface area contributed by atoms with Crippen LogP contribution >= 0.6 is 0 Å². The highest BCUT2D eigenvalue weighted by molar-refractivity contribution is 5.57. The molecule has 0 saturated carbocycles. The average Bonchev–Trinajstić information content (AvgIpc) is 2.04. The summed E-state index contributed by atoms with van der Waals surface area (Å²) in [6.45, 7) is 0. The Morgan fingerprint density at radius 1 is 1.75 bits per heavy atom. The summed E-state index contributed by atoms with van der Waals surface area (Å²) in [7, 11) is 0. The molecule has 4 heteroatoms. The van der Waals surface area contributed by atoms with E-state index in [0.717, 1.165) is 5.56 Å². The van der Waals surface area contributed by atoms with Crippen molar-refractivity contribution in [1.29, 1.82) is 0 Å². The monoisotopic (exact) mass is 166 g/mol. The first-order valence-corrected chi connectivity index (χ1v) is 3.61. The summed E-state index contributed by atoms with van der Waals surface area (Å²) in [5.74, 6) is 0. The molecule has 0 fully saturated rings. The van der Waals surface area contributed by atoms with Crippen molar-refractivity contribution in [2.75, 3.05) is 0 Å². The van der Waals surface area contributed by atoms with Crippen LogP contribution in [0.3, 0.4) is 0 Å². The second-order valence-corrected chi connectivity index (χ2v) is 2.58. The molecule has 0 saturated heterocycles. The highest BCUT2D eigenvalue weighted by Gasteiger charge is 2.03. The van der Waals surface area contributed by atoms with Gasteiger partial charge in [-0.05, 0) is 6.07 Å². The molecule has 0 aromatic carbocycles. The molecule has 0 spiro atoms. The number of aromatic nitrogens is 1. The molecule has 1 aromatic rings. The fourth-order valence-electron chi connectivity index (χ4n) is 0.942. The van der Waals surface area contributed by atoms with E-state index in [1.54, 1.807) is 12.1 Å². The van der Waals surface area contributed by atoms with Crippen LogP contribution in [0.1, 0.15) is 5.56 Å². The Labute approximate surface area is 70.2 Å². The molecule has 0 aliphatic carbocycles. The zero-order chi connectivity index (χ0) is 8.97. The normalized spacial score (nSPS) is 12.4. The van der Waals surface area contributed by atoms with Crippen LogP contribution in [0.4, 0.5) is 0 Å². The molecule has 0 amide bonds. The van der Waals surface area contributed by atoms with Gasteiger partial charge in [0, 0.05) is 18.1 Å². The van der Waals surface area contributed by atoms with Crippen LogP contribution < -0.4 is 10.5 Å². The molecule has 0 unspecified atom stereocenters. The topological polar surface area (TPSA) is 70.0 Å². The van der Waals surface area contributed by atoms with Gasteiger partial charge in [-0.2, -0.15) is 4.73 Å². The largest absolute Gasteiger partial charge is 0.619 e. The van der Waals surface area contributed by atoms with E-state index in [1.807, 2.05) is 0 Å². The summed E-state index contributed by atoms with van der Waals surface area (Å²) in [5.41, 5.74) is 6.15. The van der Waals surface area contributed by atoms with Crippen LogP contribution in [-0.4, -0.2) is 12.3 Å². The van der Waals surface area contributed by atoms with Gasteiger partial charge >= 0.3 is 0 Å². The van der Waals surface area contributed by atoms with Gasteiger partial charge in [-0.25, -0.2) is 0 Å². The van der Waals surface area contributed by atoms with Gasteiger partial charge in [-0.3, -0.25) is 0 Å². The SMILES string of the molecule is N[C@H](C=O)Cc1ccc[n+]([O-])c1. The van der Waals surface area contributed by atoms with Gasteiger partial charge in [-0.1, -0.05) is 0 Å². The van der Waals surface area contributed by atoms with E-state index >= 15 is 0 Å². The molecule has 4 nitrogen and oxygen atoms in total. The Hall–Kier alpha value is -1.42. The van der Waals surface area contributed by atoms with Crippen molar-refractivity contribution >= 4 is 6.29 Å². The summed E-state index contributed by atoms with van der Waals surface area (Å²) < 4.78 is 0.687. The number of nitrogens with zero attached hydrogens (tertiary/aromatic N) is 1. The van der Waals surface area contributed by atoms with Crippen molar-refractivity contribution in [3.05, 3.63) is 35.3 Å². The molecule has 0 aliphatic rings. The average molecular weight is 166 g/mol. The Bertz CT molecular complexity index is 276. The Kier molecular flexibility index (Phi) is 2.76. The van der Waals surface area contributed by atoms with Gasteiger partial charge < -0.3 is 15.7 Å². The predicted molar refractivity (Wildman–Crippen MR) is 43.1 cm³/mol. The van der Waals surface area contributed by atoms with Crippen molar-refractivity contribution in [2.45, 2.75) is 12.5 Å². The third kappa shape index (κ3) is 2.32. The maximum atomic E-state index is 10.7. The number of nitrogens with two attached hydrogens (primary N) is 1. The lowest BCUT2D eigenvalue weighted by Gasteiger charge is -2.02. The lowest BCUT2D eigenvalue weighted by molar-refractivity contribution is -0.605. The van der Waals surface area contributed by atoms with Crippen LogP contribution in [0.2, 0.25) is 0 Å². The van der Waals surface area contributed by atoms with E-state index < -0.39 is 6.04 Å². The number of pyridine rings is 1. The number of aldehydes is 1. The third-order valence-electron chi connectivity index (χ3n) is 1.48. The molecular weight excluding hydrogens is 156 g/mol. The van der Waals surface area contributed by atoms with E-state index in [0.29, 0.717) is 17.4 Å². The Morgan fingerprint density at radius 3 is 3.08 bits per heavy atom. The molecule has 0 bridgehead atoms. The summed E-state index contributed by atoms with van der Waals surface area (Å²) in [6.07, 6.45) is 3.87. The number of carbonyl (C=O) groups is 1. The van der Waals surface area contributed by atoms with E-state index in [1.165, 1.54) is 12.4 Å². The first-order chi connectivity index (χ1) is 5.72. The first-order valence-electron chi connectivity index (χ1n) is 3.61. The molecule has 1 aromatic heterocycles. The minimum atomic E-state index is -0.521. The standard InChI is InChI=1S/C8H10N2O2/c9-8(6-11)4-7-2-1-3-10(12)5-7/h1-3,5-6,8H,4,9H2/t8-/m0/s1. The van der Waals surface area contributed by atoms with Crippen LogP contribution in [0.15, 0.2) is 24.5 Å². The summed E-state index contributed by atoms with van der Waals surface area (Å²) >= 11 is 0. The zero-order valence-electron chi connectivity index (χ0n) is 6.51. The van der Waals surface area contributed by atoms with Gasteiger partial charge in [0.2, 0.25) is 0 Å². The smallest absolute Gasteiger partial charge is 0.183 e. The molecule has 2 N–H and O–H groups in total. The maximum Gasteiger partial charge on any atom is 0.183 e. The minimum absolute atomic E-state index is 0.409.